The van der Waals surface area contributed by atoms with Gasteiger partial charge in [-0.1, -0.05) is 22.9 Å². The Bertz CT molecular complexity index is 1040. The van der Waals surface area contributed by atoms with Gasteiger partial charge in [0.05, 0.1) is 4.90 Å². The van der Waals surface area contributed by atoms with E-state index < -0.39 is 22.0 Å². The first-order valence-electron chi connectivity index (χ1n) is 7.19. The van der Waals surface area contributed by atoms with E-state index >= 15 is 0 Å². The van der Waals surface area contributed by atoms with Crippen molar-refractivity contribution in [1.82, 2.24) is 4.72 Å². The summed E-state index contributed by atoms with van der Waals surface area (Å²) in [4.78, 5) is 11.1. The predicted molar refractivity (Wildman–Crippen MR) is 93.5 cm³/mol. The minimum absolute atomic E-state index is 0.000295. The number of sulfonamides is 1. The molecule has 0 unspecified atom stereocenters. The minimum atomic E-state index is -3.94. The number of carboxylic acids is 1. The first-order valence-corrected chi connectivity index (χ1v) is 9.46. The summed E-state index contributed by atoms with van der Waals surface area (Å²) in [5, 5.41) is 10.5. The molecule has 126 valence electrons. The van der Waals surface area contributed by atoms with Crippen LogP contribution in [0.3, 0.4) is 0 Å². The van der Waals surface area contributed by atoms with Gasteiger partial charge in [-0.3, -0.25) is 4.79 Å². The molecule has 0 radical (unpaired) electrons. The van der Waals surface area contributed by atoms with Crippen LogP contribution < -0.4 is 4.72 Å². The fourth-order valence-corrected chi connectivity index (χ4v) is 4.10. The van der Waals surface area contributed by atoms with Gasteiger partial charge in [-0.15, -0.1) is 0 Å². The Labute approximate surface area is 146 Å². The summed E-state index contributed by atoms with van der Waals surface area (Å²) in [5.74, 6) is -1.21. The van der Waals surface area contributed by atoms with Gasteiger partial charge < -0.3 is 9.52 Å². The highest BCUT2D eigenvalue weighted by Gasteiger charge is 2.24. The number of furan rings is 1. The van der Waals surface area contributed by atoms with Crippen molar-refractivity contribution in [2.45, 2.75) is 24.3 Å². The predicted octanol–water partition coefficient (Wildman–Crippen LogP) is 3.49. The van der Waals surface area contributed by atoms with E-state index in [4.69, 9.17) is 9.52 Å². The van der Waals surface area contributed by atoms with E-state index in [1.54, 1.807) is 19.1 Å². The number of fused-ring (bicyclic) bond motifs is 3. The van der Waals surface area contributed by atoms with Gasteiger partial charge in [0.25, 0.3) is 0 Å². The van der Waals surface area contributed by atoms with Crippen LogP contribution in [0.5, 0.6) is 0 Å². The van der Waals surface area contributed by atoms with Gasteiger partial charge in [0.15, 0.2) is 0 Å². The molecule has 0 fully saturated rings. The Kier molecular flexibility index (Phi) is 4.37. The molecule has 0 amide bonds. The third-order valence-electron chi connectivity index (χ3n) is 3.72. The molecule has 24 heavy (non-hydrogen) atoms. The Morgan fingerprint density at radius 3 is 2.62 bits per heavy atom. The number of halogens is 1. The zero-order chi connectivity index (χ0) is 17.5. The summed E-state index contributed by atoms with van der Waals surface area (Å²) in [7, 11) is -3.94. The lowest BCUT2D eigenvalue weighted by Crippen LogP contribution is -2.40. The fourth-order valence-electron chi connectivity index (χ4n) is 2.46. The first kappa shape index (κ1) is 16.9. The van der Waals surface area contributed by atoms with Crippen molar-refractivity contribution in [3.8, 4) is 0 Å². The molecule has 3 aromatic rings. The van der Waals surface area contributed by atoms with Crippen LogP contribution in [-0.4, -0.2) is 25.5 Å². The van der Waals surface area contributed by atoms with Crippen molar-refractivity contribution in [3.05, 3.63) is 40.9 Å². The largest absolute Gasteiger partial charge is 0.480 e. The molecule has 3 rings (SSSR count). The smallest absolute Gasteiger partial charge is 0.321 e. The van der Waals surface area contributed by atoms with E-state index in [9.17, 15) is 13.2 Å². The van der Waals surface area contributed by atoms with E-state index in [2.05, 4.69) is 20.7 Å². The van der Waals surface area contributed by atoms with E-state index in [0.29, 0.717) is 16.6 Å². The van der Waals surface area contributed by atoms with Crippen LogP contribution in [-0.2, 0) is 14.8 Å². The standard InChI is InChI=1S/C16H14BrNO5S/c1-2-13(16(19)20)18-24(21,22)10-4-6-14-12(8-10)11-5-3-9(17)7-15(11)23-14/h3-8,13,18H,2H2,1H3,(H,19,20)/t13-/m0/s1. The fraction of sp³-hybridized carbons (Fsp3) is 0.188. The van der Waals surface area contributed by atoms with Crippen LogP contribution in [0.25, 0.3) is 21.9 Å². The van der Waals surface area contributed by atoms with Crippen LogP contribution in [0, 0.1) is 0 Å². The lowest BCUT2D eigenvalue weighted by atomic mass is 10.1. The maximum atomic E-state index is 12.4. The third-order valence-corrected chi connectivity index (χ3v) is 5.68. The van der Waals surface area contributed by atoms with Gasteiger partial charge in [-0.25, -0.2) is 8.42 Å². The van der Waals surface area contributed by atoms with Gasteiger partial charge in [0.1, 0.15) is 17.2 Å². The molecule has 0 saturated carbocycles. The minimum Gasteiger partial charge on any atom is -0.480 e. The number of hydrogen-bond acceptors (Lipinski definition) is 4. The van der Waals surface area contributed by atoms with Crippen molar-refractivity contribution >= 4 is 53.9 Å². The van der Waals surface area contributed by atoms with E-state index in [1.807, 2.05) is 12.1 Å². The van der Waals surface area contributed by atoms with E-state index in [-0.39, 0.29) is 11.3 Å². The summed E-state index contributed by atoms with van der Waals surface area (Å²) in [6, 6.07) is 8.78. The Balaban J connectivity index is 2.09. The molecule has 2 N–H and O–H groups in total. The van der Waals surface area contributed by atoms with Crippen LogP contribution >= 0.6 is 15.9 Å². The SMILES string of the molecule is CC[C@H](NS(=O)(=O)c1ccc2oc3cc(Br)ccc3c2c1)C(=O)O. The molecule has 1 heterocycles. The van der Waals surface area contributed by atoms with Gasteiger partial charge in [0.2, 0.25) is 10.0 Å². The Hall–Kier alpha value is -1.90. The molecule has 0 aliphatic heterocycles. The zero-order valence-corrected chi connectivity index (χ0v) is 15.0. The molecule has 2 aromatic carbocycles. The lowest BCUT2D eigenvalue weighted by molar-refractivity contribution is -0.139. The average Bonchev–Trinajstić information content (AvgIpc) is 2.88. The van der Waals surface area contributed by atoms with Gasteiger partial charge in [-0.2, -0.15) is 4.72 Å². The molecule has 1 atom stereocenters. The highest BCUT2D eigenvalue weighted by Crippen LogP contribution is 2.32. The monoisotopic (exact) mass is 411 g/mol. The summed E-state index contributed by atoms with van der Waals surface area (Å²) in [6.45, 7) is 1.60. The topological polar surface area (TPSA) is 96.6 Å². The Morgan fingerprint density at radius 1 is 1.21 bits per heavy atom. The number of aliphatic carboxylic acids is 1. The molecule has 6 nitrogen and oxygen atoms in total. The van der Waals surface area contributed by atoms with Crippen molar-refractivity contribution < 1.29 is 22.7 Å². The molecule has 8 heteroatoms. The molecule has 0 spiro atoms. The number of benzene rings is 2. The molecule has 0 bridgehead atoms. The molecular formula is C16H14BrNO5S. The summed E-state index contributed by atoms with van der Waals surface area (Å²) < 4.78 is 33.7. The second-order valence-corrected chi connectivity index (χ2v) is 7.95. The average molecular weight is 412 g/mol. The van der Waals surface area contributed by atoms with Crippen LogP contribution in [0.4, 0.5) is 0 Å². The lowest BCUT2D eigenvalue weighted by Gasteiger charge is -2.12. The quantitative estimate of drug-likeness (QED) is 0.669. The first-order chi connectivity index (χ1) is 11.3. The maximum Gasteiger partial charge on any atom is 0.321 e. The number of carboxylic acid groups (broad SMARTS) is 1. The number of carbonyl (C=O) groups is 1. The normalized spacial score (nSPS) is 13.4. The molecule has 0 saturated heterocycles. The van der Waals surface area contributed by atoms with Crippen molar-refractivity contribution in [1.29, 1.82) is 0 Å². The second-order valence-electron chi connectivity index (χ2n) is 5.32. The molecule has 0 aliphatic carbocycles. The van der Waals surface area contributed by atoms with Gasteiger partial charge >= 0.3 is 5.97 Å². The maximum absolute atomic E-state index is 12.4. The Morgan fingerprint density at radius 2 is 1.96 bits per heavy atom. The van der Waals surface area contributed by atoms with Crippen molar-refractivity contribution in [2.24, 2.45) is 0 Å². The van der Waals surface area contributed by atoms with Crippen molar-refractivity contribution in [3.63, 3.8) is 0 Å². The molecule has 0 aliphatic rings. The van der Waals surface area contributed by atoms with Crippen LogP contribution in [0.2, 0.25) is 0 Å². The number of nitrogens with one attached hydrogen (secondary N) is 1. The van der Waals surface area contributed by atoms with Crippen molar-refractivity contribution in [2.75, 3.05) is 0 Å². The number of rotatable bonds is 5. The summed E-state index contributed by atoms with van der Waals surface area (Å²) in [6.07, 6.45) is 0.152. The van der Waals surface area contributed by atoms with Gasteiger partial charge in [0, 0.05) is 15.2 Å². The molecule has 1 aromatic heterocycles. The van der Waals surface area contributed by atoms with Crippen LogP contribution in [0.15, 0.2) is 50.2 Å². The molecular weight excluding hydrogens is 398 g/mol. The third kappa shape index (κ3) is 3.04. The van der Waals surface area contributed by atoms with E-state index in [1.165, 1.54) is 12.1 Å². The van der Waals surface area contributed by atoms with E-state index in [0.717, 1.165) is 9.86 Å². The highest BCUT2D eigenvalue weighted by atomic mass is 79.9. The van der Waals surface area contributed by atoms with Gasteiger partial charge in [-0.05, 0) is 42.8 Å². The summed E-state index contributed by atoms with van der Waals surface area (Å²) in [5.41, 5.74) is 1.20. The summed E-state index contributed by atoms with van der Waals surface area (Å²) >= 11 is 3.36. The zero-order valence-electron chi connectivity index (χ0n) is 12.6. The highest BCUT2D eigenvalue weighted by molar-refractivity contribution is 9.10. The second kappa shape index (κ2) is 6.19. The number of hydrogen-bond donors (Lipinski definition) is 2. The van der Waals surface area contributed by atoms with Crippen LogP contribution in [0.1, 0.15) is 13.3 Å².